The summed E-state index contributed by atoms with van der Waals surface area (Å²) in [6.07, 6.45) is 5.67. The van der Waals surface area contributed by atoms with E-state index in [-0.39, 0.29) is 17.5 Å². The van der Waals surface area contributed by atoms with Crippen molar-refractivity contribution in [2.24, 2.45) is 5.41 Å². The number of amides is 1. The third-order valence-corrected chi connectivity index (χ3v) is 9.41. The molecule has 3 aliphatic rings. The average Bonchev–Trinajstić information content (AvgIpc) is 3.76. The van der Waals surface area contributed by atoms with Crippen LogP contribution in [0.25, 0.3) is 22.2 Å². The lowest BCUT2D eigenvalue weighted by Crippen LogP contribution is -2.73. The highest BCUT2D eigenvalue weighted by Gasteiger charge is 2.51. The lowest BCUT2D eigenvalue weighted by atomic mass is 9.75. The van der Waals surface area contributed by atoms with Gasteiger partial charge in [0.15, 0.2) is 0 Å². The molecule has 0 spiro atoms. The summed E-state index contributed by atoms with van der Waals surface area (Å²) in [5.41, 5.74) is 5.06. The lowest BCUT2D eigenvalue weighted by Gasteiger charge is -2.57. The first kappa shape index (κ1) is 28.5. The molecule has 230 valence electrons. The third kappa shape index (κ3) is 5.21. The number of carbonyl (C=O) groups is 1. The van der Waals surface area contributed by atoms with Crippen molar-refractivity contribution in [3.63, 3.8) is 0 Å². The minimum Gasteiger partial charge on any atom is -0.494 e. The van der Waals surface area contributed by atoms with Gasteiger partial charge in [0.2, 0.25) is 5.95 Å². The van der Waals surface area contributed by atoms with Crippen molar-refractivity contribution in [1.29, 1.82) is 0 Å². The molecular weight excluding hydrogens is 554 g/mol. The second-order valence-electron chi connectivity index (χ2n) is 13.3. The van der Waals surface area contributed by atoms with Gasteiger partial charge in [-0.2, -0.15) is 0 Å². The van der Waals surface area contributed by atoms with Gasteiger partial charge in [0.25, 0.3) is 0 Å². The molecule has 10 heteroatoms. The normalized spacial score (nSPS) is 20.9. The standard InChI is InChI=1S/C34H41N7O3/c1-34(2,3)31-29(21-41(31)33(42)43)39-17-15-38(16-18-39)23-11-12-27(30(19-23)44-4)37-32-35-14-13-26(36-32)25-20-40(22-9-10-22)28-8-6-5-7-24(25)28/h5-8,11-14,19-20,22,29,31H,9-10,15-18,21H2,1-4H3,(H,42,43)(H,35,36,37). The van der Waals surface area contributed by atoms with E-state index < -0.39 is 6.09 Å². The Morgan fingerprint density at radius 2 is 1.82 bits per heavy atom. The molecule has 1 aliphatic carbocycles. The largest absolute Gasteiger partial charge is 0.494 e. The zero-order valence-electron chi connectivity index (χ0n) is 25.9. The van der Waals surface area contributed by atoms with Crippen molar-refractivity contribution in [2.45, 2.75) is 51.7 Å². The number of anilines is 3. The Kier molecular flexibility index (Phi) is 7.11. The van der Waals surface area contributed by atoms with E-state index in [1.807, 2.05) is 12.1 Å². The van der Waals surface area contributed by atoms with Crippen LogP contribution < -0.4 is 15.0 Å². The summed E-state index contributed by atoms with van der Waals surface area (Å²) in [4.78, 5) is 27.6. The van der Waals surface area contributed by atoms with Gasteiger partial charge in [-0.25, -0.2) is 14.8 Å². The van der Waals surface area contributed by atoms with Crippen LogP contribution in [0.2, 0.25) is 0 Å². The fraction of sp³-hybridized carbons (Fsp3) is 0.441. The summed E-state index contributed by atoms with van der Waals surface area (Å²) in [5.74, 6) is 1.25. The molecule has 2 saturated heterocycles. The first-order valence-corrected chi connectivity index (χ1v) is 15.6. The van der Waals surface area contributed by atoms with Crippen LogP contribution in [-0.2, 0) is 0 Å². The minimum absolute atomic E-state index is 0.00885. The number of rotatable bonds is 7. The van der Waals surface area contributed by atoms with Crippen LogP contribution in [0.3, 0.4) is 0 Å². The van der Waals surface area contributed by atoms with Crippen molar-refractivity contribution in [3.8, 4) is 17.0 Å². The van der Waals surface area contributed by atoms with Gasteiger partial charge in [0.1, 0.15) is 5.75 Å². The summed E-state index contributed by atoms with van der Waals surface area (Å²) < 4.78 is 8.20. The maximum Gasteiger partial charge on any atom is 0.407 e. The molecule has 44 heavy (non-hydrogen) atoms. The molecule has 10 nitrogen and oxygen atoms in total. The van der Waals surface area contributed by atoms with E-state index in [0.29, 0.717) is 18.5 Å². The second-order valence-corrected chi connectivity index (χ2v) is 13.3. The van der Waals surface area contributed by atoms with Gasteiger partial charge >= 0.3 is 6.09 Å². The number of ether oxygens (including phenoxy) is 1. The van der Waals surface area contributed by atoms with Crippen LogP contribution in [0.1, 0.15) is 39.7 Å². The number of nitrogens with zero attached hydrogens (tertiary/aromatic N) is 6. The molecule has 3 fully saturated rings. The van der Waals surface area contributed by atoms with Gasteiger partial charge in [0, 0.05) is 85.4 Å². The van der Waals surface area contributed by atoms with Gasteiger partial charge in [-0.1, -0.05) is 39.0 Å². The van der Waals surface area contributed by atoms with Crippen molar-refractivity contribution in [2.75, 3.05) is 50.1 Å². The number of likely N-dealkylation sites (tertiary alicyclic amines) is 1. The summed E-state index contributed by atoms with van der Waals surface area (Å²) >= 11 is 0. The number of hydrogen-bond donors (Lipinski definition) is 2. The zero-order valence-corrected chi connectivity index (χ0v) is 25.9. The Morgan fingerprint density at radius 3 is 2.52 bits per heavy atom. The Morgan fingerprint density at radius 1 is 1.05 bits per heavy atom. The molecule has 2 aromatic heterocycles. The predicted molar refractivity (Wildman–Crippen MR) is 173 cm³/mol. The van der Waals surface area contributed by atoms with Crippen LogP contribution in [-0.4, -0.2) is 87.5 Å². The molecule has 2 N–H and O–H groups in total. The molecule has 2 aliphatic heterocycles. The third-order valence-electron chi connectivity index (χ3n) is 9.41. The van der Waals surface area contributed by atoms with Crippen molar-refractivity contribution >= 4 is 34.3 Å². The number of hydrogen-bond acceptors (Lipinski definition) is 7. The Bertz CT molecular complexity index is 1680. The fourth-order valence-corrected chi connectivity index (χ4v) is 7.09. The Balaban J connectivity index is 1.05. The topological polar surface area (TPSA) is 99.0 Å². The molecular formula is C34H41N7O3. The maximum absolute atomic E-state index is 11.7. The molecule has 7 rings (SSSR count). The Hall–Kier alpha value is -4.31. The smallest absolute Gasteiger partial charge is 0.407 e. The summed E-state index contributed by atoms with van der Waals surface area (Å²) in [5, 5.41) is 14.2. The van der Waals surface area contributed by atoms with Gasteiger partial charge < -0.3 is 29.5 Å². The second kappa shape index (κ2) is 11.0. The Labute approximate surface area is 258 Å². The van der Waals surface area contributed by atoms with E-state index in [1.165, 1.54) is 23.7 Å². The molecule has 2 unspecified atom stereocenters. The average molecular weight is 596 g/mol. The number of aromatic nitrogens is 3. The van der Waals surface area contributed by atoms with Crippen LogP contribution in [0.15, 0.2) is 60.9 Å². The maximum atomic E-state index is 11.7. The molecule has 1 amide bonds. The molecule has 0 bridgehead atoms. The number of para-hydroxylation sites is 1. The van der Waals surface area contributed by atoms with E-state index in [0.717, 1.165) is 54.6 Å². The first-order chi connectivity index (χ1) is 21.2. The molecule has 4 aromatic rings. The van der Waals surface area contributed by atoms with E-state index >= 15 is 0 Å². The molecule has 2 aromatic carbocycles. The van der Waals surface area contributed by atoms with Gasteiger partial charge in [-0.15, -0.1) is 0 Å². The van der Waals surface area contributed by atoms with Crippen LogP contribution in [0, 0.1) is 5.41 Å². The summed E-state index contributed by atoms with van der Waals surface area (Å²) in [7, 11) is 1.68. The highest BCUT2D eigenvalue weighted by molar-refractivity contribution is 5.95. The predicted octanol–water partition coefficient (Wildman–Crippen LogP) is 6.08. The minimum atomic E-state index is -0.820. The van der Waals surface area contributed by atoms with Gasteiger partial charge in [-0.3, -0.25) is 4.90 Å². The first-order valence-electron chi connectivity index (χ1n) is 15.6. The molecule has 0 radical (unpaired) electrons. The highest BCUT2D eigenvalue weighted by atomic mass is 16.5. The fourth-order valence-electron chi connectivity index (χ4n) is 7.09. The van der Waals surface area contributed by atoms with E-state index in [2.05, 4.69) is 88.0 Å². The quantitative estimate of drug-likeness (QED) is 0.265. The van der Waals surface area contributed by atoms with Gasteiger partial charge in [0.05, 0.1) is 24.5 Å². The summed E-state index contributed by atoms with van der Waals surface area (Å²) in [6, 6.07) is 17.6. The number of methoxy groups -OCH3 is 1. The highest BCUT2D eigenvalue weighted by Crippen LogP contribution is 2.41. The van der Waals surface area contributed by atoms with Gasteiger partial charge in [-0.05, 0) is 42.5 Å². The monoisotopic (exact) mass is 595 g/mol. The SMILES string of the molecule is COc1cc(N2CCN(C3CN(C(=O)O)C3C(C)(C)C)CC2)ccc1Nc1nccc(-c2cn(C3CC3)c3ccccc23)n1. The van der Waals surface area contributed by atoms with Crippen LogP contribution in [0.5, 0.6) is 5.75 Å². The van der Waals surface area contributed by atoms with Crippen molar-refractivity contribution < 1.29 is 14.6 Å². The molecule has 4 heterocycles. The van der Waals surface area contributed by atoms with E-state index in [1.54, 1.807) is 18.2 Å². The number of piperazine rings is 1. The number of nitrogens with one attached hydrogen (secondary N) is 1. The molecule has 2 atom stereocenters. The lowest BCUT2D eigenvalue weighted by molar-refractivity contribution is -0.0650. The number of carboxylic acid groups (broad SMARTS) is 1. The summed E-state index contributed by atoms with van der Waals surface area (Å²) in [6.45, 7) is 10.5. The van der Waals surface area contributed by atoms with Crippen LogP contribution >= 0.6 is 0 Å². The number of benzene rings is 2. The van der Waals surface area contributed by atoms with Crippen molar-refractivity contribution in [1.82, 2.24) is 24.3 Å². The number of fused-ring (bicyclic) bond motifs is 1. The van der Waals surface area contributed by atoms with Crippen molar-refractivity contribution in [3.05, 3.63) is 60.9 Å². The van der Waals surface area contributed by atoms with Crippen LogP contribution in [0.4, 0.5) is 22.1 Å². The zero-order chi connectivity index (χ0) is 30.6. The van der Waals surface area contributed by atoms with E-state index in [9.17, 15) is 9.90 Å². The molecule has 1 saturated carbocycles. The van der Waals surface area contributed by atoms with E-state index in [4.69, 9.17) is 9.72 Å².